The fraction of sp³-hybridized carbons (Fsp3) is 0.471. The highest BCUT2D eigenvalue weighted by Crippen LogP contribution is 2.26. The van der Waals surface area contributed by atoms with Gasteiger partial charge in [0.05, 0.1) is 11.1 Å². The van der Waals surface area contributed by atoms with E-state index >= 15 is 0 Å². The van der Waals surface area contributed by atoms with Gasteiger partial charge in [-0.2, -0.15) is 4.98 Å². The van der Waals surface area contributed by atoms with Crippen LogP contribution in [-0.4, -0.2) is 29.1 Å². The monoisotopic (exact) mass is 316 g/mol. The van der Waals surface area contributed by atoms with Crippen molar-refractivity contribution in [1.29, 1.82) is 0 Å². The fourth-order valence-electron chi connectivity index (χ4n) is 2.07. The van der Waals surface area contributed by atoms with Gasteiger partial charge in [0.2, 0.25) is 0 Å². The summed E-state index contributed by atoms with van der Waals surface area (Å²) < 4.78 is 5.35. The Morgan fingerprint density at radius 3 is 2.65 bits per heavy atom. The Hall–Kier alpha value is -2.21. The molecule has 6 heteroatoms. The van der Waals surface area contributed by atoms with E-state index in [1.165, 1.54) is 0 Å². The quantitative estimate of drug-likeness (QED) is 0.799. The van der Waals surface area contributed by atoms with Crippen molar-refractivity contribution in [2.75, 3.05) is 13.1 Å². The van der Waals surface area contributed by atoms with Crippen LogP contribution >= 0.6 is 0 Å². The lowest BCUT2D eigenvalue weighted by molar-refractivity contribution is 0.0953. The molecule has 2 rings (SSSR count). The molecule has 0 aliphatic heterocycles. The van der Waals surface area contributed by atoms with Crippen molar-refractivity contribution in [3.05, 3.63) is 35.7 Å². The first-order valence-corrected chi connectivity index (χ1v) is 7.85. The molecule has 0 spiro atoms. The van der Waals surface area contributed by atoms with Gasteiger partial charge in [0.15, 0.2) is 5.82 Å². The molecule has 0 aliphatic carbocycles. The molecule has 0 unspecified atom stereocenters. The van der Waals surface area contributed by atoms with Gasteiger partial charge in [-0.1, -0.05) is 38.1 Å². The van der Waals surface area contributed by atoms with Gasteiger partial charge in [-0.3, -0.25) is 4.79 Å². The Labute approximate surface area is 136 Å². The minimum atomic E-state index is -0.207. The van der Waals surface area contributed by atoms with E-state index in [2.05, 4.69) is 15.5 Å². The summed E-state index contributed by atoms with van der Waals surface area (Å²) >= 11 is 0. The Balaban J connectivity index is 2.20. The molecule has 0 fully saturated rings. The van der Waals surface area contributed by atoms with E-state index in [0.29, 0.717) is 35.9 Å². The molecule has 1 aromatic carbocycles. The molecular weight excluding hydrogens is 292 g/mol. The largest absolute Gasteiger partial charge is 0.352 e. The number of nitrogens with zero attached hydrogens (tertiary/aromatic N) is 2. The Bertz CT molecular complexity index is 659. The van der Waals surface area contributed by atoms with Crippen molar-refractivity contribution in [1.82, 2.24) is 15.5 Å². The van der Waals surface area contributed by atoms with E-state index in [9.17, 15) is 4.79 Å². The third-order valence-corrected chi connectivity index (χ3v) is 3.42. The number of carbonyl (C=O) groups is 1. The van der Waals surface area contributed by atoms with Crippen molar-refractivity contribution in [3.63, 3.8) is 0 Å². The van der Waals surface area contributed by atoms with Crippen LogP contribution in [0.2, 0.25) is 0 Å². The molecule has 2 aromatic rings. The van der Waals surface area contributed by atoms with Crippen LogP contribution in [-0.2, 0) is 5.41 Å². The van der Waals surface area contributed by atoms with E-state index in [0.717, 1.165) is 12.8 Å². The zero-order valence-electron chi connectivity index (χ0n) is 13.9. The number of carbonyl (C=O) groups excluding carboxylic acids is 1. The summed E-state index contributed by atoms with van der Waals surface area (Å²) in [6.45, 7) is 7.26. The first kappa shape index (κ1) is 17.1. The second-order valence-corrected chi connectivity index (χ2v) is 6.47. The second-order valence-electron chi connectivity index (χ2n) is 6.47. The molecular formula is C17H24N4O2. The molecule has 0 bridgehead atoms. The number of unbranched alkanes of at least 4 members (excludes halogenated alkanes) is 1. The molecule has 3 N–H and O–H groups in total. The highest BCUT2D eigenvalue weighted by molar-refractivity contribution is 5.99. The molecule has 1 heterocycles. The minimum absolute atomic E-state index is 0.145. The van der Waals surface area contributed by atoms with Gasteiger partial charge in [-0.25, -0.2) is 0 Å². The van der Waals surface area contributed by atoms with E-state index in [4.69, 9.17) is 10.3 Å². The summed E-state index contributed by atoms with van der Waals surface area (Å²) in [5.41, 5.74) is 6.42. The zero-order valence-corrected chi connectivity index (χ0v) is 13.9. The van der Waals surface area contributed by atoms with Gasteiger partial charge < -0.3 is 15.6 Å². The van der Waals surface area contributed by atoms with Crippen LogP contribution in [0.1, 0.15) is 49.8 Å². The molecule has 0 radical (unpaired) electrons. The first-order valence-electron chi connectivity index (χ1n) is 7.85. The number of aromatic nitrogens is 2. The van der Waals surface area contributed by atoms with Gasteiger partial charge in [0.1, 0.15) is 0 Å². The molecule has 0 aliphatic rings. The number of amides is 1. The van der Waals surface area contributed by atoms with Gasteiger partial charge in [0, 0.05) is 12.0 Å². The summed E-state index contributed by atoms with van der Waals surface area (Å²) in [5, 5.41) is 6.92. The fourth-order valence-corrected chi connectivity index (χ4v) is 2.07. The topological polar surface area (TPSA) is 94.0 Å². The summed E-state index contributed by atoms with van der Waals surface area (Å²) in [4.78, 5) is 16.8. The maximum atomic E-state index is 12.4. The lowest BCUT2D eigenvalue weighted by Gasteiger charge is -2.11. The molecule has 124 valence electrons. The Kier molecular flexibility index (Phi) is 5.50. The van der Waals surface area contributed by atoms with Crippen molar-refractivity contribution < 1.29 is 9.32 Å². The molecule has 1 aromatic heterocycles. The molecule has 0 saturated heterocycles. The smallest absolute Gasteiger partial charge is 0.258 e. The second kappa shape index (κ2) is 7.37. The number of hydrogen-bond acceptors (Lipinski definition) is 5. The van der Waals surface area contributed by atoms with E-state index < -0.39 is 0 Å². The highest BCUT2D eigenvalue weighted by atomic mass is 16.5. The van der Waals surface area contributed by atoms with Crippen LogP contribution in [0.25, 0.3) is 11.5 Å². The average Bonchev–Trinajstić information content (AvgIpc) is 3.01. The number of nitrogens with one attached hydrogen (secondary N) is 1. The van der Waals surface area contributed by atoms with Crippen LogP contribution in [0, 0.1) is 0 Å². The Morgan fingerprint density at radius 1 is 1.26 bits per heavy atom. The summed E-state index contributed by atoms with van der Waals surface area (Å²) in [6.07, 6.45) is 1.75. The predicted molar refractivity (Wildman–Crippen MR) is 89.1 cm³/mol. The summed E-state index contributed by atoms with van der Waals surface area (Å²) in [7, 11) is 0. The number of nitrogens with two attached hydrogens (primary N) is 1. The lowest BCUT2D eigenvalue weighted by atomic mass is 9.96. The Morgan fingerprint density at radius 2 is 2.00 bits per heavy atom. The van der Waals surface area contributed by atoms with Crippen molar-refractivity contribution in [2.45, 2.75) is 39.0 Å². The maximum absolute atomic E-state index is 12.4. The molecule has 0 saturated carbocycles. The third kappa shape index (κ3) is 4.39. The molecule has 23 heavy (non-hydrogen) atoms. The van der Waals surface area contributed by atoms with Gasteiger partial charge >= 0.3 is 0 Å². The van der Waals surface area contributed by atoms with Crippen LogP contribution < -0.4 is 11.1 Å². The lowest BCUT2D eigenvalue weighted by Crippen LogP contribution is -2.25. The zero-order chi connectivity index (χ0) is 16.9. The summed E-state index contributed by atoms with van der Waals surface area (Å²) in [6, 6.07) is 7.24. The predicted octanol–water partition coefficient (Wildman–Crippen LogP) is 2.50. The van der Waals surface area contributed by atoms with Crippen molar-refractivity contribution in [3.8, 4) is 11.5 Å². The van der Waals surface area contributed by atoms with E-state index in [1.807, 2.05) is 39.0 Å². The average molecular weight is 316 g/mol. The highest BCUT2D eigenvalue weighted by Gasteiger charge is 2.23. The first-order chi connectivity index (χ1) is 10.9. The molecule has 0 atom stereocenters. The standard InChI is InChI=1S/C17H24N4O2/c1-17(2,3)16-20-15(23-21-16)13-9-5-4-8-12(13)14(22)19-11-7-6-10-18/h4-5,8-9H,6-7,10-11,18H2,1-3H3,(H,19,22). The van der Waals surface area contributed by atoms with Crippen LogP contribution in [0.15, 0.2) is 28.8 Å². The molecule has 1 amide bonds. The van der Waals surface area contributed by atoms with Crippen LogP contribution in [0.3, 0.4) is 0 Å². The summed E-state index contributed by atoms with van der Waals surface area (Å²) in [5.74, 6) is 0.835. The number of benzene rings is 1. The van der Waals surface area contributed by atoms with Crippen molar-refractivity contribution >= 4 is 5.91 Å². The van der Waals surface area contributed by atoms with Crippen LogP contribution in [0.4, 0.5) is 0 Å². The van der Waals surface area contributed by atoms with Crippen LogP contribution in [0.5, 0.6) is 0 Å². The van der Waals surface area contributed by atoms with Gasteiger partial charge in [-0.05, 0) is 31.5 Å². The SMILES string of the molecule is CC(C)(C)c1noc(-c2ccccc2C(=O)NCCCCN)n1. The minimum Gasteiger partial charge on any atom is -0.352 e. The maximum Gasteiger partial charge on any atom is 0.258 e. The normalized spacial score (nSPS) is 11.5. The number of hydrogen-bond donors (Lipinski definition) is 2. The van der Waals surface area contributed by atoms with E-state index in [1.54, 1.807) is 6.07 Å². The van der Waals surface area contributed by atoms with Gasteiger partial charge in [0.25, 0.3) is 11.8 Å². The van der Waals surface area contributed by atoms with Gasteiger partial charge in [-0.15, -0.1) is 0 Å². The number of rotatable bonds is 6. The third-order valence-electron chi connectivity index (χ3n) is 3.42. The molecule has 6 nitrogen and oxygen atoms in total. The van der Waals surface area contributed by atoms with E-state index in [-0.39, 0.29) is 11.3 Å². The van der Waals surface area contributed by atoms with Crippen molar-refractivity contribution in [2.24, 2.45) is 5.73 Å².